The van der Waals surface area contributed by atoms with Crippen molar-refractivity contribution >= 4 is 5.69 Å². The minimum Gasteiger partial charge on any atom is -0.494 e. The van der Waals surface area contributed by atoms with Gasteiger partial charge < -0.3 is 10.1 Å². The smallest absolute Gasteiger partial charge is 0.119 e. The van der Waals surface area contributed by atoms with Crippen molar-refractivity contribution in [3.05, 3.63) is 59.7 Å². The molecule has 2 nitrogen and oxygen atoms in total. The van der Waals surface area contributed by atoms with Crippen molar-refractivity contribution in [2.45, 2.75) is 19.4 Å². The SMILES string of the molecule is CCOc1ccc(C2Cc3ccccc3N2)cc1. The Bertz CT molecular complexity index is 508. The fraction of sp³-hybridized carbons (Fsp3) is 0.250. The van der Waals surface area contributed by atoms with Crippen molar-refractivity contribution < 1.29 is 4.74 Å². The van der Waals surface area contributed by atoms with Crippen LogP contribution in [0.3, 0.4) is 0 Å². The maximum Gasteiger partial charge on any atom is 0.119 e. The fourth-order valence-corrected chi connectivity index (χ4v) is 2.46. The predicted octanol–water partition coefficient (Wildman–Crippen LogP) is 3.79. The van der Waals surface area contributed by atoms with Gasteiger partial charge in [0.2, 0.25) is 0 Å². The second-order valence-electron chi connectivity index (χ2n) is 4.56. The topological polar surface area (TPSA) is 21.3 Å². The zero-order chi connectivity index (χ0) is 12.4. The normalized spacial score (nSPS) is 17.1. The Kier molecular flexibility index (Phi) is 2.93. The Morgan fingerprint density at radius 3 is 2.61 bits per heavy atom. The number of rotatable bonds is 3. The third kappa shape index (κ3) is 2.06. The molecule has 0 saturated carbocycles. The van der Waals surface area contributed by atoms with Crippen molar-refractivity contribution in [1.82, 2.24) is 0 Å². The molecule has 0 aliphatic carbocycles. The molecule has 0 amide bonds. The fourth-order valence-electron chi connectivity index (χ4n) is 2.46. The van der Waals surface area contributed by atoms with Crippen molar-refractivity contribution in [3.63, 3.8) is 0 Å². The molecule has 0 saturated heterocycles. The van der Waals surface area contributed by atoms with E-state index in [-0.39, 0.29) is 0 Å². The number of hydrogen-bond acceptors (Lipinski definition) is 2. The highest BCUT2D eigenvalue weighted by molar-refractivity contribution is 5.58. The summed E-state index contributed by atoms with van der Waals surface area (Å²) in [4.78, 5) is 0. The number of benzene rings is 2. The van der Waals surface area contributed by atoms with Gasteiger partial charge in [0.15, 0.2) is 0 Å². The molecular weight excluding hydrogens is 222 g/mol. The number of fused-ring (bicyclic) bond motifs is 1. The molecule has 92 valence electrons. The summed E-state index contributed by atoms with van der Waals surface area (Å²) in [6, 6.07) is 17.3. The van der Waals surface area contributed by atoms with Gasteiger partial charge >= 0.3 is 0 Å². The van der Waals surface area contributed by atoms with E-state index in [0.717, 1.165) is 12.2 Å². The zero-order valence-corrected chi connectivity index (χ0v) is 10.5. The van der Waals surface area contributed by atoms with Gasteiger partial charge in [-0.25, -0.2) is 0 Å². The van der Waals surface area contributed by atoms with E-state index in [4.69, 9.17) is 4.74 Å². The van der Waals surface area contributed by atoms with Crippen molar-refractivity contribution in [1.29, 1.82) is 0 Å². The highest BCUT2D eigenvalue weighted by Gasteiger charge is 2.21. The van der Waals surface area contributed by atoms with E-state index in [1.807, 2.05) is 19.1 Å². The van der Waals surface area contributed by atoms with Gasteiger partial charge in [-0.1, -0.05) is 30.3 Å². The van der Waals surface area contributed by atoms with Gasteiger partial charge in [0.1, 0.15) is 5.75 Å². The highest BCUT2D eigenvalue weighted by Crippen LogP contribution is 2.34. The molecule has 0 fully saturated rings. The zero-order valence-electron chi connectivity index (χ0n) is 10.5. The number of ether oxygens (including phenoxy) is 1. The van der Waals surface area contributed by atoms with Crippen LogP contribution in [0.1, 0.15) is 24.1 Å². The summed E-state index contributed by atoms with van der Waals surface area (Å²) < 4.78 is 5.46. The predicted molar refractivity (Wildman–Crippen MR) is 74.1 cm³/mol. The summed E-state index contributed by atoms with van der Waals surface area (Å²) in [6.07, 6.45) is 1.06. The Morgan fingerprint density at radius 1 is 1.11 bits per heavy atom. The molecule has 2 heteroatoms. The first-order chi connectivity index (χ1) is 8.86. The molecule has 3 rings (SSSR count). The van der Waals surface area contributed by atoms with Crippen molar-refractivity contribution in [2.75, 3.05) is 11.9 Å². The lowest BCUT2D eigenvalue weighted by atomic mass is 10.0. The van der Waals surface area contributed by atoms with E-state index in [2.05, 4.69) is 41.7 Å². The minimum atomic E-state index is 0.387. The van der Waals surface area contributed by atoms with E-state index in [1.54, 1.807) is 0 Å². The maximum absolute atomic E-state index is 5.46. The number of para-hydroxylation sites is 1. The van der Waals surface area contributed by atoms with Crippen LogP contribution in [0, 0.1) is 0 Å². The van der Waals surface area contributed by atoms with Gasteiger partial charge in [-0.15, -0.1) is 0 Å². The van der Waals surface area contributed by atoms with Gasteiger partial charge in [0, 0.05) is 5.69 Å². The van der Waals surface area contributed by atoms with Gasteiger partial charge in [-0.05, 0) is 42.7 Å². The second kappa shape index (κ2) is 4.73. The molecule has 1 heterocycles. The Labute approximate surface area is 108 Å². The third-order valence-corrected chi connectivity index (χ3v) is 3.36. The van der Waals surface area contributed by atoms with Crippen LogP contribution in [0.5, 0.6) is 5.75 Å². The van der Waals surface area contributed by atoms with E-state index in [9.17, 15) is 0 Å². The van der Waals surface area contributed by atoms with Gasteiger partial charge in [0.25, 0.3) is 0 Å². The van der Waals surface area contributed by atoms with Gasteiger partial charge in [0.05, 0.1) is 12.6 Å². The molecule has 0 spiro atoms. The van der Waals surface area contributed by atoms with E-state index >= 15 is 0 Å². The van der Waals surface area contributed by atoms with Crippen molar-refractivity contribution in [2.24, 2.45) is 0 Å². The average molecular weight is 239 g/mol. The summed E-state index contributed by atoms with van der Waals surface area (Å²) in [5, 5.41) is 3.56. The van der Waals surface area contributed by atoms with Crippen LogP contribution in [-0.4, -0.2) is 6.61 Å². The lowest BCUT2D eigenvalue weighted by Gasteiger charge is -2.12. The van der Waals surface area contributed by atoms with Crippen LogP contribution in [0.2, 0.25) is 0 Å². The highest BCUT2D eigenvalue weighted by atomic mass is 16.5. The van der Waals surface area contributed by atoms with Crippen LogP contribution >= 0.6 is 0 Å². The molecule has 1 N–H and O–H groups in total. The molecule has 1 atom stereocenters. The van der Waals surface area contributed by atoms with Crippen LogP contribution in [0.15, 0.2) is 48.5 Å². The van der Waals surface area contributed by atoms with Crippen LogP contribution in [0.4, 0.5) is 5.69 Å². The van der Waals surface area contributed by atoms with Crippen LogP contribution < -0.4 is 10.1 Å². The summed E-state index contributed by atoms with van der Waals surface area (Å²) in [5.74, 6) is 0.941. The Hall–Kier alpha value is -1.96. The standard InChI is InChI=1S/C16H17NO/c1-2-18-14-9-7-12(8-10-14)16-11-13-5-3-4-6-15(13)17-16/h3-10,16-17H,2,11H2,1H3. The largest absolute Gasteiger partial charge is 0.494 e. The Morgan fingerprint density at radius 2 is 1.89 bits per heavy atom. The number of hydrogen-bond donors (Lipinski definition) is 1. The monoisotopic (exact) mass is 239 g/mol. The molecule has 1 aliphatic rings. The quantitative estimate of drug-likeness (QED) is 0.879. The molecule has 1 aliphatic heterocycles. The third-order valence-electron chi connectivity index (χ3n) is 3.36. The first-order valence-electron chi connectivity index (χ1n) is 6.44. The molecular formula is C16H17NO. The summed E-state index contributed by atoms with van der Waals surface area (Å²) in [6.45, 7) is 2.72. The van der Waals surface area contributed by atoms with Crippen molar-refractivity contribution in [3.8, 4) is 5.75 Å². The van der Waals surface area contributed by atoms with Crippen LogP contribution in [0.25, 0.3) is 0 Å². The summed E-state index contributed by atoms with van der Waals surface area (Å²) in [7, 11) is 0. The average Bonchev–Trinajstić information content (AvgIpc) is 2.84. The second-order valence-corrected chi connectivity index (χ2v) is 4.56. The molecule has 18 heavy (non-hydrogen) atoms. The van der Waals surface area contributed by atoms with E-state index < -0.39 is 0 Å². The molecule has 1 unspecified atom stereocenters. The molecule has 0 bridgehead atoms. The molecule has 0 aromatic heterocycles. The summed E-state index contributed by atoms with van der Waals surface area (Å²) in [5.41, 5.74) is 3.97. The first-order valence-corrected chi connectivity index (χ1v) is 6.44. The molecule has 2 aromatic rings. The lowest BCUT2D eigenvalue weighted by Crippen LogP contribution is -2.05. The van der Waals surface area contributed by atoms with E-state index in [0.29, 0.717) is 12.6 Å². The minimum absolute atomic E-state index is 0.387. The lowest BCUT2D eigenvalue weighted by molar-refractivity contribution is 0.340. The summed E-state index contributed by atoms with van der Waals surface area (Å²) >= 11 is 0. The Balaban J connectivity index is 1.78. The van der Waals surface area contributed by atoms with Crippen LogP contribution in [-0.2, 0) is 6.42 Å². The molecule has 2 aromatic carbocycles. The number of anilines is 1. The maximum atomic E-state index is 5.46. The van der Waals surface area contributed by atoms with Gasteiger partial charge in [-0.2, -0.15) is 0 Å². The molecule has 0 radical (unpaired) electrons. The van der Waals surface area contributed by atoms with Gasteiger partial charge in [-0.3, -0.25) is 0 Å². The number of nitrogens with one attached hydrogen (secondary N) is 1. The first kappa shape index (κ1) is 11.1. The van der Waals surface area contributed by atoms with E-state index in [1.165, 1.54) is 16.8 Å².